The van der Waals surface area contributed by atoms with Gasteiger partial charge in [-0.25, -0.2) is 4.98 Å². The van der Waals surface area contributed by atoms with Crippen LogP contribution in [0.15, 0.2) is 67.0 Å². The van der Waals surface area contributed by atoms with E-state index in [9.17, 15) is 4.79 Å². The molecule has 0 unspecified atom stereocenters. The van der Waals surface area contributed by atoms with E-state index >= 15 is 0 Å². The largest absolute Gasteiger partial charge is 0.494 e. The van der Waals surface area contributed by atoms with Gasteiger partial charge in [-0.1, -0.05) is 18.2 Å². The van der Waals surface area contributed by atoms with E-state index in [2.05, 4.69) is 62.4 Å². The average Bonchev–Trinajstić information content (AvgIpc) is 3.42. The number of hydrogen-bond donors (Lipinski definition) is 1. The number of benzene rings is 2. The van der Waals surface area contributed by atoms with Crippen molar-refractivity contribution in [3.8, 4) is 5.75 Å². The molecule has 0 aliphatic carbocycles. The highest BCUT2D eigenvalue weighted by Gasteiger charge is 2.32. The van der Waals surface area contributed by atoms with Gasteiger partial charge in [0.25, 0.3) is 0 Å². The van der Waals surface area contributed by atoms with E-state index in [1.54, 1.807) is 7.11 Å². The number of nitrogens with zero attached hydrogens (tertiary/aromatic N) is 5. The molecular weight excluding hydrogens is 464 g/mol. The standard InChI is InChI=1S/C29H32N6O2/c1-20(36)30-23-8-5-7-21(17-23)22-18-35(19-22)28-25-9-6-10-26(37-2)27(25)31-29(32-28)34-15-11-24(12-16-34)33-13-3-4-14-33/h3-10,13-14,17,22,24H,11-12,15-16,18-19H2,1-2H3,(H,30,36). The van der Waals surface area contributed by atoms with Crippen LogP contribution in [0.3, 0.4) is 0 Å². The first-order valence-corrected chi connectivity index (χ1v) is 12.9. The van der Waals surface area contributed by atoms with Crippen molar-refractivity contribution in [2.45, 2.75) is 31.7 Å². The van der Waals surface area contributed by atoms with Crippen LogP contribution in [0.4, 0.5) is 17.5 Å². The number of rotatable bonds is 6. The fraction of sp³-hybridized carbons (Fsp3) is 0.345. The zero-order valence-corrected chi connectivity index (χ0v) is 21.3. The molecule has 4 heterocycles. The Kier molecular flexibility index (Phi) is 6.16. The lowest BCUT2D eigenvalue weighted by atomic mass is 9.91. The lowest BCUT2D eigenvalue weighted by Crippen LogP contribution is -2.46. The number of carbonyl (C=O) groups excluding carboxylic acids is 1. The number of methoxy groups -OCH3 is 1. The van der Waals surface area contributed by atoms with Crippen LogP contribution in [0.2, 0.25) is 0 Å². The number of hydrogen-bond acceptors (Lipinski definition) is 6. The quantitative estimate of drug-likeness (QED) is 0.412. The first-order valence-electron chi connectivity index (χ1n) is 12.9. The summed E-state index contributed by atoms with van der Waals surface area (Å²) in [6.07, 6.45) is 6.44. The van der Waals surface area contributed by atoms with E-state index in [4.69, 9.17) is 14.7 Å². The molecule has 2 saturated heterocycles. The SMILES string of the molecule is COc1cccc2c(N3CC(c4cccc(NC(C)=O)c4)C3)nc(N3CCC(n4cccc4)CC3)nc12. The number of piperidine rings is 1. The summed E-state index contributed by atoms with van der Waals surface area (Å²) in [5.74, 6) is 2.82. The molecule has 2 fully saturated rings. The van der Waals surface area contributed by atoms with Crippen LogP contribution in [0.25, 0.3) is 10.9 Å². The molecule has 0 spiro atoms. The minimum atomic E-state index is -0.0567. The van der Waals surface area contributed by atoms with Crippen molar-refractivity contribution in [2.75, 3.05) is 48.4 Å². The highest BCUT2D eigenvalue weighted by atomic mass is 16.5. The van der Waals surface area contributed by atoms with Gasteiger partial charge in [0, 0.05) is 68.5 Å². The van der Waals surface area contributed by atoms with Crippen molar-refractivity contribution in [3.05, 3.63) is 72.6 Å². The van der Waals surface area contributed by atoms with Crippen molar-refractivity contribution in [3.63, 3.8) is 0 Å². The summed E-state index contributed by atoms with van der Waals surface area (Å²) in [5, 5.41) is 3.90. The highest BCUT2D eigenvalue weighted by Crippen LogP contribution is 2.38. The number of para-hydroxylation sites is 1. The normalized spacial score (nSPS) is 16.6. The number of carbonyl (C=O) groups is 1. The monoisotopic (exact) mass is 496 g/mol. The molecule has 4 aromatic rings. The Morgan fingerprint density at radius 3 is 2.46 bits per heavy atom. The Balaban J connectivity index is 1.26. The molecule has 37 heavy (non-hydrogen) atoms. The van der Waals surface area contributed by atoms with Gasteiger partial charge in [0.15, 0.2) is 0 Å². The highest BCUT2D eigenvalue weighted by molar-refractivity contribution is 5.95. The predicted octanol–water partition coefficient (Wildman–Crippen LogP) is 4.84. The topological polar surface area (TPSA) is 75.5 Å². The van der Waals surface area contributed by atoms with Crippen LogP contribution < -0.4 is 19.9 Å². The summed E-state index contributed by atoms with van der Waals surface area (Å²) < 4.78 is 8.01. The van der Waals surface area contributed by atoms with Gasteiger partial charge in [0.1, 0.15) is 17.1 Å². The molecule has 8 heteroatoms. The molecule has 1 N–H and O–H groups in total. The van der Waals surface area contributed by atoms with Gasteiger partial charge in [-0.15, -0.1) is 0 Å². The summed E-state index contributed by atoms with van der Waals surface area (Å²) >= 11 is 0. The van der Waals surface area contributed by atoms with Crippen molar-refractivity contribution < 1.29 is 9.53 Å². The number of anilines is 3. The molecule has 6 rings (SSSR count). The third-order valence-electron chi connectivity index (χ3n) is 7.53. The van der Waals surface area contributed by atoms with Crippen LogP contribution >= 0.6 is 0 Å². The van der Waals surface area contributed by atoms with Crippen LogP contribution in [0, 0.1) is 0 Å². The van der Waals surface area contributed by atoms with Crippen LogP contribution in [-0.2, 0) is 4.79 Å². The lowest BCUT2D eigenvalue weighted by molar-refractivity contribution is -0.114. The second kappa shape index (κ2) is 9.76. The van der Waals surface area contributed by atoms with Gasteiger partial charge in [0.05, 0.1) is 7.11 Å². The fourth-order valence-corrected chi connectivity index (χ4v) is 5.54. The summed E-state index contributed by atoms with van der Waals surface area (Å²) in [5.41, 5.74) is 2.92. The number of amides is 1. The Labute approximate surface area is 216 Å². The molecular formula is C29H32N6O2. The first-order chi connectivity index (χ1) is 18.1. The maximum absolute atomic E-state index is 11.5. The zero-order chi connectivity index (χ0) is 25.4. The summed E-state index contributed by atoms with van der Waals surface area (Å²) in [7, 11) is 1.69. The number of nitrogens with one attached hydrogen (secondary N) is 1. The van der Waals surface area contributed by atoms with Gasteiger partial charge in [-0.05, 0) is 54.8 Å². The van der Waals surface area contributed by atoms with Gasteiger partial charge in [-0.2, -0.15) is 4.98 Å². The molecule has 2 aromatic heterocycles. The second-order valence-corrected chi connectivity index (χ2v) is 9.96. The Morgan fingerprint density at radius 1 is 0.973 bits per heavy atom. The molecule has 2 aliphatic heterocycles. The maximum Gasteiger partial charge on any atom is 0.228 e. The van der Waals surface area contributed by atoms with E-state index < -0.39 is 0 Å². The van der Waals surface area contributed by atoms with Gasteiger partial charge in [-0.3, -0.25) is 4.79 Å². The predicted molar refractivity (Wildman–Crippen MR) is 147 cm³/mol. The third-order valence-corrected chi connectivity index (χ3v) is 7.53. The van der Waals surface area contributed by atoms with E-state index in [1.807, 2.05) is 24.3 Å². The molecule has 0 bridgehead atoms. The Hall–Kier alpha value is -4.07. The van der Waals surface area contributed by atoms with E-state index in [-0.39, 0.29) is 5.91 Å². The summed E-state index contributed by atoms with van der Waals surface area (Å²) in [4.78, 5) is 26.2. The van der Waals surface area contributed by atoms with Gasteiger partial charge < -0.3 is 24.4 Å². The van der Waals surface area contributed by atoms with Gasteiger partial charge in [0.2, 0.25) is 11.9 Å². The van der Waals surface area contributed by atoms with Crippen molar-refractivity contribution >= 4 is 34.3 Å². The summed E-state index contributed by atoms with van der Waals surface area (Å²) in [6, 6.07) is 18.9. The van der Waals surface area contributed by atoms with Crippen LogP contribution in [0.5, 0.6) is 5.75 Å². The smallest absolute Gasteiger partial charge is 0.228 e. The molecule has 0 saturated carbocycles. The lowest BCUT2D eigenvalue weighted by Gasteiger charge is -2.41. The Bertz CT molecular complexity index is 1410. The number of ether oxygens (including phenoxy) is 1. The second-order valence-electron chi connectivity index (χ2n) is 9.96. The molecule has 190 valence electrons. The van der Waals surface area contributed by atoms with E-state index in [0.29, 0.717) is 12.0 Å². The van der Waals surface area contributed by atoms with Crippen LogP contribution in [0.1, 0.15) is 37.3 Å². The molecule has 0 radical (unpaired) electrons. The average molecular weight is 497 g/mol. The molecule has 0 atom stereocenters. The fourth-order valence-electron chi connectivity index (χ4n) is 5.54. The summed E-state index contributed by atoms with van der Waals surface area (Å²) in [6.45, 7) is 5.10. The van der Waals surface area contributed by atoms with E-state index in [0.717, 1.165) is 73.1 Å². The zero-order valence-electron chi connectivity index (χ0n) is 21.3. The number of fused-ring (bicyclic) bond motifs is 1. The maximum atomic E-state index is 11.5. The Morgan fingerprint density at radius 2 is 1.73 bits per heavy atom. The van der Waals surface area contributed by atoms with Crippen molar-refractivity contribution in [1.29, 1.82) is 0 Å². The van der Waals surface area contributed by atoms with E-state index in [1.165, 1.54) is 12.5 Å². The molecule has 2 aliphatic rings. The molecule has 8 nitrogen and oxygen atoms in total. The van der Waals surface area contributed by atoms with Gasteiger partial charge >= 0.3 is 0 Å². The number of aromatic nitrogens is 3. The van der Waals surface area contributed by atoms with Crippen LogP contribution in [-0.4, -0.2) is 53.7 Å². The minimum absolute atomic E-state index is 0.0567. The van der Waals surface area contributed by atoms with Crippen molar-refractivity contribution in [1.82, 2.24) is 14.5 Å². The first kappa shape index (κ1) is 23.3. The third kappa shape index (κ3) is 4.59. The molecule has 1 amide bonds. The molecule has 2 aromatic carbocycles. The minimum Gasteiger partial charge on any atom is -0.494 e. The van der Waals surface area contributed by atoms with Crippen molar-refractivity contribution in [2.24, 2.45) is 0 Å².